The molecular weight excluding hydrogens is 286 g/mol. The maximum absolute atomic E-state index is 5.20. The van der Waals surface area contributed by atoms with Gasteiger partial charge in [-0.15, -0.1) is 0 Å². The zero-order chi connectivity index (χ0) is 16.1. The Kier molecular flexibility index (Phi) is 5.47. The van der Waals surface area contributed by atoms with Gasteiger partial charge in [0.2, 0.25) is 0 Å². The van der Waals surface area contributed by atoms with Crippen LogP contribution in [0.25, 0.3) is 0 Å². The third-order valence-electron chi connectivity index (χ3n) is 4.74. The molecule has 0 saturated carbocycles. The van der Waals surface area contributed by atoms with Gasteiger partial charge in [0, 0.05) is 32.1 Å². The van der Waals surface area contributed by atoms with Crippen molar-refractivity contribution in [1.29, 1.82) is 0 Å². The summed E-state index contributed by atoms with van der Waals surface area (Å²) < 4.78 is 7.42. The summed E-state index contributed by atoms with van der Waals surface area (Å²) >= 11 is 0. The average molecular weight is 313 g/mol. The lowest BCUT2D eigenvalue weighted by molar-refractivity contribution is 0.172. The number of ether oxygens (including phenoxy) is 1. The van der Waals surface area contributed by atoms with Gasteiger partial charge in [0.05, 0.1) is 13.2 Å². The van der Waals surface area contributed by atoms with Crippen molar-refractivity contribution >= 4 is 0 Å². The van der Waals surface area contributed by atoms with Crippen LogP contribution in [-0.4, -0.2) is 40.8 Å². The zero-order valence-corrected chi connectivity index (χ0v) is 14.2. The molecule has 1 aromatic heterocycles. The van der Waals surface area contributed by atoms with Gasteiger partial charge in [-0.1, -0.05) is 31.2 Å². The summed E-state index contributed by atoms with van der Waals surface area (Å²) in [5, 5.41) is 0. The Morgan fingerprint density at radius 3 is 2.65 bits per heavy atom. The minimum absolute atomic E-state index is 0.597. The first-order valence-corrected chi connectivity index (χ1v) is 8.61. The SMILES string of the molecule is CCCN(Cc1nccn1CCOC)C1Cc2ccccc2C1. The molecular formula is C19H27N3O. The van der Waals surface area contributed by atoms with Gasteiger partial charge in [-0.25, -0.2) is 4.98 Å². The van der Waals surface area contributed by atoms with Crippen molar-refractivity contribution < 1.29 is 4.74 Å². The minimum atomic E-state index is 0.597. The van der Waals surface area contributed by atoms with Gasteiger partial charge in [-0.2, -0.15) is 0 Å². The largest absolute Gasteiger partial charge is 0.383 e. The van der Waals surface area contributed by atoms with Crippen LogP contribution in [0.3, 0.4) is 0 Å². The van der Waals surface area contributed by atoms with Crippen LogP contribution < -0.4 is 0 Å². The van der Waals surface area contributed by atoms with Crippen molar-refractivity contribution in [3.63, 3.8) is 0 Å². The summed E-state index contributed by atoms with van der Waals surface area (Å²) in [5.41, 5.74) is 3.03. The molecule has 0 aliphatic heterocycles. The molecule has 0 unspecified atom stereocenters. The van der Waals surface area contributed by atoms with Crippen molar-refractivity contribution in [3.8, 4) is 0 Å². The number of hydrogen-bond donors (Lipinski definition) is 0. The molecule has 1 heterocycles. The number of nitrogens with zero attached hydrogens (tertiary/aromatic N) is 3. The van der Waals surface area contributed by atoms with Gasteiger partial charge >= 0.3 is 0 Å². The third kappa shape index (κ3) is 3.82. The van der Waals surface area contributed by atoms with E-state index in [2.05, 4.69) is 51.8 Å². The minimum Gasteiger partial charge on any atom is -0.383 e. The fourth-order valence-corrected chi connectivity index (χ4v) is 3.54. The van der Waals surface area contributed by atoms with E-state index in [0.29, 0.717) is 6.04 Å². The van der Waals surface area contributed by atoms with Crippen molar-refractivity contribution in [1.82, 2.24) is 14.5 Å². The Labute approximate surface area is 139 Å². The van der Waals surface area contributed by atoms with Crippen molar-refractivity contribution in [3.05, 3.63) is 53.6 Å². The van der Waals surface area contributed by atoms with E-state index < -0.39 is 0 Å². The highest BCUT2D eigenvalue weighted by Gasteiger charge is 2.26. The van der Waals surface area contributed by atoms with E-state index in [0.717, 1.165) is 44.9 Å². The summed E-state index contributed by atoms with van der Waals surface area (Å²) in [4.78, 5) is 7.18. The second-order valence-electron chi connectivity index (χ2n) is 6.33. The van der Waals surface area contributed by atoms with Crippen molar-refractivity contribution in [2.75, 3.05) is 20.3 Å². The lowest BCUT2D eigenvalue weighted by atomic mass is 10.1. The molecule has 124 valence electrons. The average Bonchev–Trinajstić information content (AvgIpc) is 3.18. The molecule has 0 saturated heterocycles. The summed E-state index contributed by atoms with van der Waals surface area (Å²) in [6.45, 7) is 5.90. The van der Waals surface area contributed by atoms with Crippen LogP contribution in [0.15, 0.2) is 36.7 Å². The maximum atomic E-state index is 5.20. The molecule has 0 amide bonds. The van der Waals surface area contributed by atoms with E-state index in [-0.39, 0.29) is 0 Å². The molecule has 1 aromatic carbocycles. The highest BCUT2D eigenvalue weighted by Crippen LogP contribution is 2.26. The monoisotopic (exact) mass is 313 g/mol. The van der Waals surface area contributed by atoms with Gasteiger partial charge in [0.15, 0.2) is 0 Å². The number of rotatable bonds is 8. The number of fused-ring (bicyclic) bond motifs is 1. The molecule has 2 aromatic rings. The van der Waals surface area contributed by atoms with Gasteiger partial charge in [-0.05, 0) is 36.9 Å². The van der Waals surface area contributed by atoms with Crippen LogP contribution >= 0.6 is 0 Å². The van der Waals surface area contributed by atoms with E-state index in [1.807, 2.05) is 6.20 Å². The van der Waals surface area contributed by atoms with E-state index >= 15 is 0 Å². The highest BCUT2D eigenvalue weighted by molar-refractivity contribution is 5.33. The molecule has 1 aliphatic carbocycles. The number of imidazole rings is 1. The predicted molar refractivity (Wildman–Crippen MR) is 92.4 cm³/mol. The normalized spacial score (nSPS) is 14.6. The second kappa shape index (κ2) is 7.75. The molecule has 4 nitrogen and oxygen atoms in total. The maximum Gasteiger partial charge on any atom is 0.122 e. The number of hydrogen-bond acceptors (Lipinski definition) is 3. The van der Waals surface area contributed by atoms with Gasteiger partial charge in [0.25, 0.3) is 0 Å². The topological polar surface area (TPSA) is 30.3 Å². The van der Waals surface area contributed by atoms with Gasteiger partial charge in [0.1, 0.15) is 5.82 Å². The molecule has 0 radical (unpaired) electrons. The first kappa shape index (κ1) is 16.2. The molecule has 0 spiro atoms. The Morgan fingerprint density at radius 1 is 1.26 bits per heavy atom. The molecule has 0 fully saturated rings. The van der Waals surface area contributed by atoms with E-state index in [1.165, 1.54) is 17.5 Å². The lowest BCUT2D eigenvalue weighted by Crippen LogP contribution is -2.37. The van der Waals surface area contributed by atoms with Gasteiger partial charge in [-0.3, -0.25) is 4.90 Å². The summed E-state index contributed by atoms with van der Waals surface area (Å²) in [6.07, 6.45) is 7.45. The first-order valence-electron chi connectivity index (χ1n) is 8.61. The molecule has 0 bridgehead atoms. The molecule has 0 N–H and O–H groups in total. The Balaban J connectivity index is 1.70. The Morgan fingerprint density at radius 2 is 2.00 bits per heavy atom. The van der Waals surface area contributed by atoms with Crippen LogP contribution in [-0.2, 0) is 30.7 Å². The van der Waals surface area contributed by atoms with Crippen LogP contribution in [0.1, 0.15) is 30.3 Å². The highest BCUT2D eigenvalue weighted by atomic mass is 16.5. The fraction of sp³-hybridized carbons (Fsp3) is 0.526. The quantitative estimate of drug-likeness (QED) is 0.751. The van der Waals surface area contributed by atoms with E-state index in [4.69, 9.17) is 4.74 Å². The molecule has 3 rings (SSSR count). The number of benzene rings is 1. The predicted octanol–water partition coefficient (Wildman–Crippen LogP) is 2.91. The van der Waals surface area contributed by atoms with Crippen molar-refractivity contribution in [2.24, 2.45) is 0 Å². The van der Waals surface area contributed by atoms with E-state index in [9.17, 15) is 0 Å². The number of methoxy groups -OCH3 is 1. The smallest absolute Gasteiger partial charge is 0.122 e. The van der Waals surface area contributed by atoms with E-state index in [1.54, 1.807) is 7.11 Å². The Bertz CT molecular complexity index is 598. The summed E-state index contributed by atoms with van der Waals surface area (Å²) in [6, 6.07) is 9.46. The van der Waals surface area contributed by atoms with Gasteiger partial charge < -0.3 is 9.30 Å². The van der Waals surface area contributed by atoms with Crippen LogP contribution in [0.5, 0.6) is 0 Å². The van der Waals surface area contributed by atoms with Crippen LogP contribution in [0.2, 0.25) is 0 Å². The fourth-order valence-electron chi connectivity index (χ4n) is 3.54. The van der Waals surface area contributed by atoms with Crippen LogP contribution in [0, 0.1) is 0 Å². The number of aromatic nitrogens is 2. The third-order valence-corrected chi connectivity index (χ3v) is 4.74. The molecule has 23 heavy (non-hydrogen) atoms. The molecule has 4 heteroatoms. The summed E-state index contributed by atoms with van der Waals surface area (Å²) in [5.74, 6) is 1.14. The standard InChI is InChI=1S/C19H27N3O/c1-3-9-22(15-19-20-8-10-21(19)11-12-23-2)18-13-16-6-4-5-7-17(16)14-18/h4-8,10,18H,3,9,11-15H2,1-2H3. The second-order valence-corrected chi connectivity index (χ2v) is 6.33. The van der Waals surface area contributed by atoms with Crippen molar-refractivity contribution in [2.45, 2.75) is 45.3 Å². The lowest BCUT2D eigenvalue weighted by Gasteiger charge is -2.28. The molecule has 0 atom stereocenters. The zero-order valence-electron chi connectivity index (χ0n) is 14.2. The molecule has 1 aliphatic rings. The first-order chi connectivity index (χ1) is 11.3. The summed E-state index contributed by atoms with van der Waals surface area (Å²) in [7, 11) is 1.75. The Hall–Kier alpha value is -1.65. The van der Waals surface area contributed by atoms with Crippen LogP contribution in [0.4, 0.5) is 0 Å².